The Morgan fingerprint density at radius 3 is 2.89 bits per heavy atom. The molecule has 0 spiro atoms. The van der Waals surface area contributed by atoms with E-state index in [9.17, 15) is 0 Å². The molecular formula is C14H21N5. The second-order valence-corrected chi connectivity index (χ2v) is 4.96. The quantitative estimate of drug-likeness (QED) is 0.872. The van der Waals surface area contributed by atoms with E-state index in [2.05, 4.69) is 27.1 Å². The van der Waals surface area contributed by atoms with Crippen molar-refractivity contribution >= 4 is 5.82 Å². The van der Waals surface area contributed by atoms with Crippen LogP contribution in [0.2, 0.25) is 0 Å². The fourth-order valence-corrected chi connectivity index (χ4v) is 2.46. The summed E-state index contributed by atoms with van der Waals surface area (Å²) in [4.78, 5) is 10.7. The Morgan fingerprint density at radius 1 is 1.42 bits per heavy atom. The average molecular weight is 259 g/mol. The average Bonchev–Trinajstić information content (AvgIpc) is 2.48. The summed E-state index contributed by atoms with van der Waals surface area (Å²) in [7, 11) is 0. The smallest absolute Gasteiger partial charge is 0.158 e. The Bertz CT molecular complexity index is 416. The fraction of sp³-hybridized carbons (Fsp3) is 0.643. The van der Waals surface area contributed by atoms with Crippen LogP contribution in [0.5, 0.6) is 0 Å². The molecule has 0 aromatic carbocycles. The van der Waals surface area contributed by atoms with Crippen LogP contribution in [-0.2, 0) is 0 Å². The Morgan fingerprint density at radius 2 is 2.32 bits per heavy atom. The molecule has 1 aliphatic rings. The monoisotopic (exact) mass is 259 g/mol. The van der Waals surface area contributed by atoms with Crippen molar-refractivity contribution in [3.05, 3.63) is 18.1 Å². The predicted molar refractivity (Wildman–Crippen MR) is 74.9 cm³/mol. The summed E-state index contributed by atoms with van der Waals surface area (Å²) < 4.78 is 0. The first-order valence-corrected chi connectivity index (χ1v) is 7.04. The molecule has 0 amide bonds. The van der Waals surface area contributed by atoms with Crippen LogP contribution in [-0.4, -0.2) is 35.6 Å². The molecule has 0 radical (unpaired) electrons. The Balaban J connectivity index is 2.03. The van der Waals surface area contributed by atoms with Crippen molar-refractivity contribution in [1.29, 1.82) is 5.26 Å². The maximum Gasteiger partial charge on any atom is 0.158 e. The van der Waals surface area contributed by atoms with Crippen molar-refractivity contribution in [2.24, 2.45) is 0 Å². The van der Waals surface area contributed by atoms with E-state index < -0.39 is 0 Å². The lowest BCUT2D eigenvalue weighted by molar-refractivity contribution is 0.398. The molecule has 1 aromatic heterocycles. The van der Waals surface area contributed by atoms with Crippen molar-refractivity contribution in [3.8, 4) is 6.07 Å². The summed E-state index contributed by atoms with van der Waals surface area (Å²) in [5, 5.41) is 12.3. The lowest BCUT2D eigenvalue weighted by Gasteiger charge is -2.31. The Labute approximate surface area is 114 Å². The van der Waals surface area contributed by atoms with Gasteiger partial charge < -0.3 is 10.2 Å². The molecule has 1 N–H and O–H groups in total. The van der Waals surface area contributed by atoms with Gasteiger partial charge in [-0.15, -0.1) is 0 Å². The third-order valence-corrected chi connectivity index (χ3v) is 3.42. The minimum Gasteiger partial charge on any atom is -0.354 e. The molecule has 5 heteroatoms. The first-order chi connectivity index (χ1) is 9.33. The van der Waals surface area contributed by atoms with E-state index in [-0.39, 0.29) is 0 Å². The van der Waals surface area contributed by atoms with Gasteiger partial charge in [-0.1, -0.05) is 13.3 Å². The van der Waals surface area contributed by atoms with Gasteiger partial charge in [-0.2, -0.15) is 5.26 Å². The molecule has 1 aliphatic heterocycles. The molecule has 1 unspecified atom stereocenters. The van der Waals surface area contributed by atoms with Gasteiger partial charge >= 0.3 is 0 Å². The van der Waals surface area contributed by atoms with Crippen molar-refractivity contribution in [1.82, 2.24) is 15.3 Å². The van der Waals surface area contributed by atoms with Crippen LogP contribution in [0.4, 0.5) is 5.82 Å². The summed E-state index contributed by atoms with van der Waals surface area (Å²) in [5.41, 5.74) is 0.371. The zero-order valence-electron chi connectivity index (χ0n) is 11.5. The van der Waals surface area contributed by atoms with E-state index in [0.29, 0.717) is 11.7 Å². The highest BCUT2D eigenvalue weighted by atomic mass is 15.2. The summed E-state index contributed by atoms with van der Waals surface area (Å²) in [6.45, 7) is 5.22. The van der Waals surface area contributed by atoms with Gasteiger partial charge in [0.05, 0.1) is 12.4 Å². The minimum absolute atomic E-state index is 0.371. The molecule has 1 atom stereocenters. The van der Waals surface area contributed by atoms with Crippen LogP contribution < -0.4 is 10.2 Å². The van der Waals surface area contributed by atoms with Crippen LogP contribution in [0.3, 0.4) is 0 Å². The Hall–Kier alpha value is -1.67. The summed E-state index contributed by atoms with van der Waals surface area (Å²) in [6, 6.07) is 2.54. The third-order valence-electron chi connectivity index (χ3n) is 3.42. The largest absolute Gasteiger partial charge is 0.354 e. The molecule has 102 valence electrons. The maximum atomic E-state index is 8.76. The highest BCUT2D eigenvalue weighted by molar-refractivity contribution is 5.37. The second kappa shape index (κ2) is 7.05. The lowest BCUT2D eigenvalue weighted by atomic mass is 10.0. The summed E-state index contributed by atoms with van der Waals surface area (Å²) in [6.07, 6.45) is 8.14. The van der Waals surface area contributed by atoms with Gasteiger partial charge in [0.2, 0.25) is 0 Å². The second-order valence-electron chi connectivity index (χ2n) is 4.96. The van der Waals surface area contributed by atoms with E-state index in [1.807, 2.05) is 6.07 Å². The zero-order chi connectivity index (χ0) is 13.5. The fourth-order valence-electron chi connectivity index (χ4n) is 2.46. The zero-order valence-corrected chi connectivity index (χ0v) is 11.5. The number of rotatable bonds is 5. The van der Waals surface area contributed by atoms with Gasteiger partial charge in [0.15, 0.2) is 5.69 Å². The SMILES string of the molecule is CCCN(CC1CCCCN1)c1cnc(C#N)cn1. The van der Waals surface area contributed by atoms with Crippen LogP contribution >= 0.6 is 0 Å². The topological polar surface area (TPSA) is 64.8 Å². The van der Waals surface area contributed by atoms with Crippen LogP contribution in [0.15, 0.2) is 12.4 Å². The van der Waals surface area contributed by atoms with Crippen molar-refractivity contribution in [2.75, 3.05) is 24.5 Å². The van der Waals surface area contributed by atoms with Crippen LogP contribution in [0.25, 0.3) is 0 Å². The molecule has 0 saturated carbocycles. The van der Waals surface area contributed by atoms with E-state index in [1.54, 1.807) is 12.4 Å². The van der Waals surface area contributed by atoms with Crippen molar-refractivity contribution in [3.63, 3.8) is 0 Å². The number of nitriles is 1. The normalized spacial score (nSPS) is 18.8. The van der Waals surface area contributed by atoms with Gasteiger partial charge in [0.1, 0.15) is 11.9 Å². The number of piperidine rings is 1. The van der Waals surface area contributed by atoms with E-state index in [0.717, 1.165) is 31.9 Å². The van der Waals surface area contributed by atoms with Gasteiger partial charge in [-0.05, 0) is 25.8 Å². The van der Waals surface area contributed by atoms with E-state index >= 15 is 0 Å². The Kier molecular flexibility index (Phi) is 5.10. The van der Waals surface area contributed by atoms with Crippen molar-refractivity contribution < 1.29 is 0 Å². The molecule has 19 heavy (non-hydrogen) atoms. The maximum absolute atomic E-state index is 8.76. The molecule has 1 saturated heterocycles. The minimum atomic E-state index is 0.371. The van der Waals surface area contributed by atoms with Gasteiger partial charge in [0.25, 0.3) is 0 Å². The van der Waals surface area contributed by atoms with E-state index in [1.165, 1.54) is 19.3 Å². The van der Waals surface area contributed by atoms with Gasteiger partial charge in [-0.25, -0.2) is 9.97 Å². The number of nitrogens with one attached hydrogen (secondary N) is 1. The number of hydrogen-bond acceptors (Lipinski definition) is 5. The molecular weight excluding hydrogens is 238 g/mol. The molecule has 0 aliphatic carbocycles. The molecule has 2 heterocycles. The summed E-state index contributed by atoms with van der Waals surface area (Å²) >= 11 is 0. The number of nitrogens with zero attached hydrogens (tertiary/aromatic N) is 4. The van der Waals surface area contributed by atoms with Crippen LogP contribution in [0, 0.1) is 11.3 Å². The number of anilines is 1. The first-order valence-electron chi connectivity index (χ1n) is 7.04. The third kappa shape index (κ3) is 3.90. The van der Waals surface area contributed by atoms with Crippen molar-refractivity contribution in [2.45, 2.75) is 38.6 Å². The lowest BCUT2D eigenvalue weighted by Crippen LogP contribution is -2.44. The highest BCUT2D eigenvalue weighted by Gasteiger charge is 2.17. The van der Waals surface area contributed by atoms with Gasteiger partial charge in [0, 0.05) is 19.1 Å². The van der Waals surface area contributed by atoms with E-state index in [4.69, 9.17) is 5.26 Å². The molecule has 5 nitrogen and oxygen atoms in total. The molecule has 1 aromatic rings. The molecule has 2 rings (SSSR count). The number of hydrogen-bond donors (Lipinski definition) is 1. The van der Waals surface area contributed by atoms with Crippen LogP contribution in [0.1, 0.15) is 38.3 Å². The standard InChI is InChI=1S/C14H21N5/c1-2-7-19(11-12-5-3-4-6-16-12)14-10-17-13(8-15)9-18-14/h9-10,12,16H,2-7,11H2,1H3. The highest BCUT2D eigenvalue weighted by Crippen LogP contribution is 2.14. The first kappa shape index (κ1) is 13.8. The predicted octanol–water partition coefficient (Wildman–Crippen LogP) is 1.71. The molecule has 0 bridgehead atoms. The summed E-state index contributed by atoms with van der Waals surface area (Å²) in [5.74, 6) is 0.869. The number of aromatic nitrogens is 2. The van der Waals surface area contributed by atoms with Gasteiger partial charge in [-0.3, -0.25) is 0 Å². The molecule has 1 fully saturated rings.